The summed E-state index contributed by atoms with van der Waals surface area (Å²) in [6.07, 6.45) is 6.64. The van der Waals surface area contributed by atoms with Crippen LogP contribution >= 0.6 is 11.6 Å². The van der Waals surface area contributed by atoms with Crippen molar-refractivity contribution in [3.05, 3.63) is 60.1 Å². The molecular weight excluding hydrogens is 478 g/mol. The Morgan fingerprint density at radius 1 is 0.972 bits per heavy atom. The minimum Gasteiger partial charge on any atom is -0.444 e. The molecule has 0 radical (unpaired) electrons. The van der Waals surface area contributed by atoms with Crippen LogP contribution in [0.25, 0.3) is 22.5 Å². The molecule has 1 aromatic carbocycles. The third-order valence-corrected chi connectivity index (χ3v) is 6.94. The summed E-state index contributed by atoms with van der Waals surface area (Å²) in [7, 11) is 0. The number of aromatic nitrogens is 3. The first-order chi connectivity index (χ1) is 17.2. The first-order valence-electron chi connectivity index (χ1n) is 12.2. The van der Waals surface area contributed by atoms with Gasteiger partial charge < -0.3 is 19.1 Å². The van der Waals surface area contributed by atoms with Gasteiger partial charge in [-0.3, -0.25) is 9.78 Å². The van der Waals surface area contributed by atoms with Gasteiger partial charge in [0.25, 0.3) is 0 Å². The fourth-order valence-electron chi connectivity index (χ4n) is 5.05. The van der Waals surface area contributed by atoms with Crippen LogP contribution in [-0.2, 0) is 16.1 Å². The molecule has 0 saturated carbocycles. The molecule has 3 aromatic rings. The van der Waals surface area contributed by atoms with Gasteiger partial charge in [0.15, 0.2) is 0 Å². The number of piperazine rings is 1. The van der Waals surface area contributed by atoms with E-state index in [0.29, 0.717) is 18.1 Å². The number of benzene rings is 1. The molecule has 6 rings (SSSR count). The summed E-state index contributed by atoms with van der Waals surface area (Å²) in [6, 6.07) is 11.3. The smallest absolute Gasteiger partial charge is 0.410 e. The third-order valence-electron chi connectivity index (χ3n) is 6.69. The Kier molecular flexibility index (Phi) is 6.47. The Morgan fingerprint density at radius 2 is 1.61 bits per heavy atom. The lowest BCUT2D eigenvalue weighted by atomic mass is 9.91. The summed E-state index contributed by atoms with van der Waals surface area (Å²) in [5.41, 5.74) is 2.93. The van der Waals surface area contributed by atoms with Gasteiger partial charge in [-0.2, -0.15) is 0 Å². The minimum atomic E-state index is -0.546. The number of halogens is 1. The molecule has 3 aliphatic rings. The van der Waals surface area contributed by atoms with Crippen LogP contribution in [0.4, 0.5) is 4.79 Å². The Labute approximate surface area is 215 Å². The zero-order chi connectivity index (χ0) is 25.4. The highest BCUT2D eigenvalue weighted by atomic mass is 35.5. The summed E-state index contributed by atoms with van der Waals surface area (Å²) in [5.74, 6) is 0.0175. The van der Waals surface area contributed by atoms with Gasteiger partial charge in [0.2, 0.25) is 5.91 Å². The molecule has 0 N–H and O–H groups in total. The number of carbonyl (C=O) groups is 2. The number of imidazole rings is 1. The molecule has 36 heavy (non-hydrogen) atoms. The average molecular weight is 508 g/mol. The van der Waals surface area contributed by atoms with E-state index in [0.717, 1.165) is 35.4 Å². The van der Waals surface area contributed by atoms with Gasteiger partial charge in [-0.05, 0) is 57.9 Å². The van der Waals surface area contributed by atoms with Crippen molar-refractivity contribution in [1.29, 1.82) is 0 Å². The first kappa shape index (κ1) is 24.3. The van der Waals surface area contributed by atoms with Crippen molar-refractivity contribution in [2.45, 2.75) is 57.8 Å². The molecule has 2 atom stereocenters. The van der Waals surface area contributed by atoms with Crippen LogP contribution in [0.1, 0.15) is 33.6 Å². The van der Waals surface area contributed by atoms with Crippen molar-refractivity contribution in [2.24, 2.45) is 0 Å². The molecule has 0 aliphatic carbocycles. The van der Waals surface area contributed by atoms with Gasteiger partial charge in [0.1, 0.15) is 12.1 Å². The van der Waals surface area contributed by atoms with Gasteiger partial charge in [0.05, 0.1) is 23.8 Å². The second-order valence-corrected chi connectivity index (χ2v) is 10.8. The number of pyridine rings is 1. The molecule has 2 amide bonds. The first-order valence-corrected chi connectivity index (χ1v) is 12.6. The van der Waals surface area contributed by atoms with Gasteiger partial charge >= 0.3 is 6.09 Å². The SMILES string of the molecule is CC(C)(C)OC(=O)N1C[C@@H]2CC[C@H]1CN2C(=O)Cn1cnc(-c2ccc(Cl)cc2)c1-c1ccncc1. The molecule has 5 heterocycles. The van der Waals surface area contributed by atoms with Crippen molar-refractivity contribution in [2.75, 3.05) is 13.1 Å². The highest BCUT2D eigenvalue weighted by Gasteiger charge is 2.44. The number of rotatable bonds is 4. The van der Waals surface area contributed by atoms with Crippen LogP contribution in [-0.4, -0.2) is 67.1 Å². The Hall–Kier alpha value is -3.39. The van der Waals surface area contributed by atoms with Crippen LogP contribution in [0.2, 0.25) is 5.02 Å². The minimum absolute atomic E-state index is 0.0151. The van der Waals surface area contributed by atoms with E-state index in [9.17, 15) is 9.59 Å². The lowest BCUT2D eigenvalue weighted by molar-refractivity contribution is -0.142. The maximum Gasteiger partial charge on any atom is 0.410 e. The molecule has 0 spiro atoms. The normalized spacial score (nSPS) is 19.4. The second kappa shape index (κ2) is 9.58. The summed E-state index contributed by atoms with van der Waals surface area (Å²) in [5, 5.41) is 0.652. The second-order valence-electron chi connectivity index (χ2n) is 10.4. The maximum absolute atomic E-state index is 13.5. The zero-order valence-electron chi connectivity index (χ0n) is 20.7. The van der Waals surface area contributed by atoms with E-state index in [4.69, 9.17) is 16.3 Å². The zero-order valence-corrected chi connectivity index (χ0v) is 21.5. The number of carbonyl (C=O) groups excluding carboxylic acids is 2. The highest BCUT2D eigenvalue weighted by Crippen LogP contribution is 2.33. The van der Waals surface area contributed by atoms with Gasteiger partial charge in [0, 0.05) is 47.7 Å². The number of hydrogen-bond acceptors (Lipinski definition) is 5. The van der Waals surface area contributed by atoms with Crippen molar-refractivity contribution in [1.82, 2.24) is 24.3 Å². The number of piperidine rings is 2. The molecule has 8 nitrogen and oxygen atoms in total. The van der Waals surface area contributed by atoms with Crippen LogP contribution in [0.15, 0.2) is 55.1 Å². The number of nitrogens with zero attached hydrogens (tertiary/aromatic N) is 5. The van der Waals surface area contributed by atoms with Gasteiger partial charge in [-0.1, -0.05) is 23.7 Å². The van der Waals surface area contributed by atoms with E-state index in [-0.39, 0.29) is 30.6 Å². The molecule has 3 fully saturated rings. The van der Waals surface area contributed by atoms with Crippen LogP contribution in [0.5, 0.6) is 0 Å². The molecule has 188 valence electrons. The predicted octanol–water partition coefficient (Wildman–Crippen LogP) is 4.88. The van der Waals surface area contributed by atoms with Crippen molar-refractivity contribution < 1.29 is 14.3 Å². The van der Waals surface area contributed by atoms with E-state index >= 15 is 0 Å². The quantitative estimate of drug-likeness (QED) is 0.503. The van der Waals surface area contributed by atoms with Crippen molar-refractivity contribution in [3.8, 4) is 22.5 Å². The highest BCUT2D eigenvalue weighted by molar-refractivity contribution is 6.30. The topological polar surface area (TPSA) is 80.6 Å². The Bertz CT molecular complexity index is 1250. The van der Waals surface area contributed by atoms with E-state index in [1.165, 1.54) is 0 Å². The Balaban J connectivity index is 1.37. The number of amides is 2. The summed E-state index contributed by atoms with van der Waals surface area (Å²) in [4.78, 5) is 38.8. The molecule has 9 heteroatoms. The summed E-state index contributed by atoms with van der Waals surface area (Å²) >= 11 is 6.09. The van der Waals surface area contributed by atoms with Gasteiger partial charge in [-0.15, -0.1) is 0 Å². The lowest BCUT2D eigenvalue weighted by Gasteiger charge is -2.51. The largest absolute Gasteiger partial charge is 0.444 e. The molecular formula is C27H30ClN5O3. The van der Waals surface area contributed by atoms with E-state index in [1.807, 2.05) is 66.6 Å². The molecule has 3 aliphatic heterocycles. The number of ether oxygens (including phenoxy) is 1. The fourth-order valence-corrected chi connectivity index (χ4v) is 5.17. The van der Waals surface area contributed by atoms with Gasteiger partial charge in [-0.25, -0.2) is 9.78 Å². The maximum atomic E-state index is 13.5. The van der Waals surface area contributed by atoms with E-state index < -0.39 is 5.60 Å². The molecule has 2 aromatic heterocycles. The standard InChI is InChI=1S/C27H30ClN5O3/c1-27(2,3)36-26(35)33-15-21-8-9-22(33)14-32(21)23(34)16-31-17-30-24(18-4-6-20(28)7-5-18)25(31)19-10-12-29-13-11-19/h4-7,10-13,17,21-22H,8-9,14-16H2,1-3H3/t21-,22-/m0/s1. The molecule has 3 saturated heterocycles. The van der Waals surface area contributed by atoms with E-state index in [2.05, 4.69) is 9.97 Å². The van der Waals surface area contributed by atoms with Crippen LogP contribution in [0, 0.1) is 0 Å². The van der Waals surface area contributed by atoms with E-state index in [1.54, 1.807) is 23.6 Å². The Morgan fingerprint density at radius 3 is 2.22 bits per heavy atom. The lowest BCUT2D eigenvalue weighted by Crippen LogP contribution is -2.65. The van der Waals surface area contributed by atoms with Crippen molar-refractivity contribution in [3.63, 3.8) is 0 Å². The summed E-state index contributed by atoms with van der Waals surface area (Å²) < 4.78 is 7.49. The van der Waals surface area contributed by atoms with Crippen LogP contribution in [0.3, 0.4) is 0 Å². The molecule has 2 bridgehead atoms. The third kappa shape index (κ3) is 4.95. The van der Waals surface area contributed by atoms with Crippen LogP contribution < -0.4 is 0 Å². The monoisotopic (exact) mass is 507 g/mol. The average Bonchev–Trinajstić information content (AvgIpc) is 3.27. The predicted molar refractivity (Wildman–Crippen MR) is 137 cm³/mol. The fraction of sp³-hybridized carbons (Fsp3) is 0.407. The number of fused-ring (bicyclic) bond motifs is 3. The summed E-state index contributed by atoms with van der Waals surface area (Å²) in [6.45, 7) is 6.79. The number of hydrogen-bond donors (Lipinski definition) is 0. The van der Waals surface area contributed by atoms with Crippen molar-refractivity contribution >= 4 is 23.6 Å². The molecule has 0 unspecified atom stereocenters.